The van der Waals surface area contributed by atoms with E-state index in [4.69, 9.17) is 14.1 Å². The third kappa shape index (κ3) is 3.61. The number of fused-ring (bicyclic) bond motifs is 1. The van der Waals surface area contributed by atoms with E-state index >= 15 is 0 Å². The fourth-order valence-corrected chi connectivity index (χ4v) is 2.49. The molecule has 5 heteroatoms. The summed E-state index contributed by atoms with van der Waals surface area (Å²) in [6.07, 6.45) is 0. The van der Waals surface area contributed by atoms with E-state index in [1.165, 1.54) is 0 Å². The van der Waals surface area contributed by atoms with Gasteiger partial charge >= 0.3 is 0 Å². The van der Waals surface area contributed by atoms with Crippen LogP contribution < -0.4 is 9.47 Å². The number of nitrogens with zero attached hydrogens (tertiary/aromatic N) is 2. The van der Waals surface area contributed by atoms with Crippen molar-refractivity contribution in [3.8, 4) is 11.5 Å². The lowest BCUT2D eigenvalue weighted by Gasteiger charge is -2.13. The Hall–Kier alpha value is -3.34. The summed E-state index contributed by atoms with van der Waals surface area (Å²) in [5, 5.41) is 7.74. The molecule has 25 heavy (non-hydrogen) atoms. The summed E-state index contributed by atoms with van der Waals surface area (Å²) in [6, 6.07) is 23.5. The molecule has 0 fully saturated rings. The largest absolute Gasteiger partial charge is 0.485 e. The van der Waals surface area contributed by atoms with E-state index < -0.39 is 0 Å². The predicted octanol–water partition coefficient (Wildman–Crippen LogP) is 4.38. The zero-order valence-corrected chi connectivity index (χ0v) is 13.5. The Kier molecular flexibility index (Phi) is 4.29. The van der Waals surface area contributed by atoms with Crippen molar-refractivity contribution >= 4 is 11.0 Å². The van der Waals surface area contributed by atoms with E-state index in [1.807, 2.05) is 60.7 Å². The minimum Gasteiger partial charge on any atom is -0.485 e. The van der Waals surface area contributed by atoms with Gasteiger partial charge in [0.05, 0.1) is 0 Å². The van der Waals surface area contributed by atoms with E-state index in [-0.39, 0.29) is 0 Å². The molecule has 0 saturated carbocycles. The molecule has 5 nitrogen and oxygen atoms in total. The molecule has 0 aliphatic carbocycles. The van der Waals surface area contributed by atoms with Crippen molar-refractivity contribution in [3.05, 3.63) is 83.9 Å². The summed E-state index contributed by atoms with van der Waals surface area (Å²) in [4.78, 5) is 0. The highest BCUT2D eigenvalue weighted by atomic mass is 16.6. The SMILES string of the molecule is c1ccc(COc2cc3nonc3cc2OCc2ccccc2)cc1. The van der Waals surface area contributed by atoms with Crippen molar-refractivity contribution in [2.24, 2.45) is 0 Å². The van der Waals surface area contributed by atoms with E-state index in [1.54, 1.807) is 12.1 Å². The molecule has 0 bridgehead atoms. The molecule has 0 aliphatic heterocycles. The molecule has 0 amide bonds. The molecule has 0 N–H and O–H groups in total. The molecule has 1 aromatic heterocycles. The lowest BCUT2D eigenvalue weighted by Crippen LogP contribution is -2.00. The predicted molar refractivity (Wildman–Crippen MR) is 93.4 cm³/mol. The monoisotopic (exact) mass is 332 g/mol. The summed E-state index contributed by atoms with van der Waals surface area (Å²) in [6.45, 7) is 0.888. The Labute approximate surface area is 144 Å². The van der Waals surface area contributed by atoms with Crippen molar-refractivity contribution in [1.82, 2.24) is 10.3 Å². The van der Waals surface area contributed by atoms with Gasteiger partial charge < -0.3 is 9.47 Å². The Balaban J connectivity index is 1.57. The first-order valence-electron chi connectivity index (χ1n) is 7.98. The average Bonchev–Trinajstić information content (AvgIpc) is 3.13. The molecule has 1 heterocycles. The summed E-state index contributed by atoms with van der Waals surface area (Å²) in [5.74, 6) is 1.23. The third-order valence-electron chi connectivity index (χ3n) is 3.79. The van der Waals surface area contributed by atoms with Gasteiger partial charge in [-0.2, -0.15) is 0 Å². The normalized spacial score (nSPS) is 10.7. The first-order valence-corrected chi connectivity index (χ1v) is 7.98. The number of benzene rings is 3. The van der Waals surface area contributed by atoms with Gasteiger partial charge in [-0.3, -0.25) is 0 Å². The third-order valence-corrected chi connectivity index (χ3v) is 3.79. The second kappa shape index (κ2) is 7.05. The number of ether oxygens (including phenoxy) is 2. The van der Waals surface area contributed by atoms with Crippen LogP contribution in [0, 0.1) is 0 Å². The van der Waals surface area contributed by atoms with Crippen LogP contribution >= 0.6 is 0 Å². The minimum absolute atomic E-state index is 0.444. The van der Waals surface area contributed by atoms with Crippen LogP contribution in [0.4, 0.5) is 0 Å². The summed E-state index contributed by atoms with van der Waals surface area (Å²) in [7, 11) is 0. The average molecular weight is 332 g/mol. The van der Waals surface area contributed by atoms with Gasteiger partial charge in [0, 0.05) is 12.1 Å². The van der Waals surface area contributed by atoms with Crippen molar-refractivity contribution in [2.45, 2.75) is 13.2 Å². The standard InChI is InChI=1S/C20H16N2O3/c1-3-7-15(8-4-1)13-23-19-11-17-18(22-25-21-17)12-20(19)24-14-16-9-5-2-6-10-16/h1-12H,13-14H2. The molecule has 0 radical (unpaired) electrons. The van der Waals surface area contributed by atoms with Gasteiger partial charge in [-0.05, 0) is 21.4 Å². The Bertz CT molecular complexity index is 875. The molecule has 0 aliphatic rings. The second-order valence-corrected chi connectivity index (χ2v) is 5.60. The van der Waals surface area contributed by atoms with Crippen LogP contribution in [0.2, 0.25) is 0 Å². The minimum atomic E-state index is 0.444. The Morgan fingerprint density at radius 3 is 1.52 bits per heavy atom. The van der Waals surface area contributed by atoms with Gasteiger partial charge in [0.15, 0.2) is 11.5 Å². The molecular formula is C20H16N2O3. The van der Waals surface area contributed by atoms with E-state index in [0.29, 0.717) is 35.7 Å². The second-order valence-electron chi connectivity index (χ2n) is 5.60. The van der Waals surface area contributed by atoms with E-state index in [2.05, 4.69) is 10.3 Å². The van der Waals surface area contributed by atoms with Crippen LogP contribution in [0.5, 0.6) is 11.5 Å². The highest BCUT2D eigenvalue weighted by Crippen LogP contribution is 2.32. The molecular weight excluding hydrogens is 316 g/mol. The quantitative estimate of drug-likeness (QED) is 0.524. The first kappa shape index (κ1) is 15.2. The molecule has 4 rings (SSSR count). The van der Waals surface area contributed by atoms with Crippen LogP contribution in [0.25, 0.3) is 11.0 Å². The van der Waals surface area contributed by atoms with Crippen molar-refractivity contribution in [1.29, 1.82) is 0 Å². The van der Waals surface area contributed by atoms with Crippen LogP contribution in [0.15, 0.2) is 77.4 Å². The number of aromatic nitrogens is 2. The number of hydrogen-bond donors (Lipinski definition) is 0. The maximum Gasteiger partial charge on any atom is 0.164 e. The van der Waals surface area contributed by atoms with E-state index in [0.717, 1.165) is 11.1 Å². The maximum absolute atomic E-state index is 5.95. The van der Waals surface area contributed by atoms with Crippen LogP contribution in [0.3, 0.4) is 0 Å². The summed E-state index contributed by atoms with van der Waals surface area (Å²) < 4.78 is 16.7. The van der Waals surface area contributed by atoms with Crippen LogP contribution in [-0.4, -0.2) is 10.3 Å². The van der Waals surface area contributed by atoms with Gasteiger partial charge in [-0.15, -0.1) is 0 Å². The zero-order chi connectivity index (χ0) is 16.9. The lowest BCUT2D eigenvalue weighted by molar-refractivity contribution is 0.256. The van der Waals surface area contributed by atoms with Gasteiger partial charge in [0.2, 0.25) is 0 Å². The van der Waals surface area contributed by atoms with Crippen molar-refractivity contribution in [3.63, 3.8) is 0 Å². The van der Waals surface area contributed by atoms with Crippen molar-refractivity contribution < 1.29 is 14.1 Å². The van der Waals surface area contributed by atoms with Gasteiger partial charge in [0.25, 0.3) is 0 Å². The van der Waals surface area contributed by atoms with Crippen LogP contribution in [-0.2, 0) is 13.2 Å². The maximum atomic E-state index is 5.95. The molecule has 0 atom stereocenters. The van der Waals surface area contributed by atoms with Crippen molar-refractivity contribution in [2.75, 3.05) is 0 Å². The highest BCUT2D eigenvalue weighted by molar-refractivity contribution is 5.77. The Morgan fingerprint density at radius 1 is 0.640 bits per heavy atom. The molecule has 3 aromatic carbocycles. The smallest absolute Gasteiger partial charge is 0.164 e. The highest BCUT2D eigenvalue weighted by Gasteiger charge is 2.12. The topological polar surface area (TPSA) is 57.4 Å². The number of rotatable bonds is 6. The molecule has 0 saturated heterocycles. The van der Waals surface area contributed by atoms with Gasteiger partial charge in [0.1, 0.15) is 24.2 Å². The summed E-state index contributed by atoms with van der Waals surface area (Å²) in [5.41, 5.74) is 3.43. The fourth-order valence-electron chi connectivity index (χ4n) is 2.49. The number of hydrogen-bond acceptors (Lipinski definition) is 5. The van der Waals surface area contributed by atoms with Gasteiger partial charge in [-0.1, -0.05) is 60.7 Å². The lowest BCUT2D eigenvalue weighted by atomic mass is 10.2. The molecule has 0 unspecified atom stereocenters. The molecule has 124 valence electrons. The van der Waals surface area contributed by atoms with E-state index in [9.17, 15) is 0 Å². The zero-order valence-electron chi connectivity index (χ0n) is 13.5. The Morgan fingerprint density at radius 2 is 1.08 bits per heavy atom. The fraction of sp³-hybridized carbons (Fsp3) is 0.100. The molecule has 4 aromatic rings. The molecule has 0 spiro atoms. The van der Waals surface area contributed by atoms with Crippen LogP contribution in [0.1, 0.15) is 11.1 Å². The first-order chi connectivity index (χ1) is 12.4. The summed E-state index contributed by atoms with van der Waals surface area (Å²) >= 11 is 0. The van der Waals surface area contributed by atoms with Gasteiger partial charge in [-0.25, -0.2) is 4.63 Å².